The van der Waals surface area contributed by atoms with Crippen LogP contribution in [-0.4, -0.2) is 9.97 Å². The highest BCUT2D eigenvalue weighted by Gasteiger charge is 1.97. The molecule has 2 nitrogen and oxygen atoms in total. The minimum Gasteiger partial charge on any atom is -0.345 e. The first kappa shape index (κ1) is 9.07. The van der Waals surface area contributed by atoms with Gasteiger partial charge in [0.25, 0.3) is 0 Å². The number of hydrogen-bond donors (Lipinski definition) is 1. The SMILES string of the molecule is CC.Clc1c[nH]c2ncccc12. The summed E-state index contributed by atoms with van der Waals surface area (Å²) >= 11 is 5.80. The molecule has 0 radical (unpaired) electrons. The maximum absolute atomic E-state index is 5.80. The van der Waals surface area contributed by atoms with Crippen molar-refractivity contribution < 1.29 is 0 Å². The molecule has 0 spiro atoms. The second-order valence-corrected chi connectivity index (χ2v) is 2.44. The quantitative estimate of drug-likeness (QED) is 0.666. The van der Waals surface area contributed by atoms with Crippen molar-refractivity contribution in [3.63, 3.8) is 0 Å². The van der Waals surface area contributed by atoms with Crippen molar-refractivity contribution in [3.8, 4) is 0 Å². The maximum atomic E-state index is 5.80. The molecule has 64 valence electrons. The Morgan fingerprint density at radius 2 is 2.17 bits per heavy atom. The van der Waals surface area contributed by atoms with Gasteiger partial charge in [0.15, 0.2) is 0 Å². The van der Waals surface area contributed by atoms with Crippen LogP contribution >= 0.6 is 11.6 Å². The summed E-state index contributed by atoms with van der Waals surface area (Å²) in [7, 11) is 0. The second-order valence-electron chi connectivity index (χ2n) is 2.04. The van der Waals surface area contributed by atoms with Crippen molar-refractivity contribution in [2.24, 2.45) is 0 Å². The van der Waals surface area contributed by atoms with Crippen molar-refractivity contribution in [2.75, 3.05) is 0 Å². The molecule has 3 heteroatoms. The number of pyridine rings is 1. The van der Waals surface area contributed by atoms with Crippen LogP contribution in [0.15, 0.2) is 24.5 Å². The van der Waals surface area contributed by atoms with Crippen LogP contribution in [0.5, 0.6) is 0 Å². The first-order valence-corrected chi connectivity index (χ1v) is 4.33. The molecule has 0 unspecified atom stereocenters. The molecule has 2 aromatic rings. The molecule has 0 saturated heterocycles. The van der Waals surface area contributed by atoms with E-state index in [1.165, 1.54) is 0 Å². The van der Waals surface area contributed by atoms with Crippen LogP contribution in [0, 0.1) is 0 Å². The number of hydrogen-bond acceptors (Lipinski definition) is 1. The summed E-state index contributed by atoms with van der Waals surface area (Å²) in [6, 6.07) is 3.79. The second kappa shape index (κ2) is 4.12. The molecule has 0 aliphatic carbocycles. The molecule has 0 aromatic carbocycles. The van der Waals surface area contributed by atoms with E-state index in [2.05, 4.69) is 9.97 Å². The number of halogens is 1. The minimum absolute atomic E-state index is 0.725. The van der Waals surface area contributed by atoms with Crippen LogP contribution in [0.4, 0.5) is 0 Å². The number of nitrogens with one attached hydrogen (secondary N) is 1. The summed E-state index contributed by atoms with van der Waals surface area (Å²) in [5.41, 5.74) is 0.840. The van der Waals surface area contributed by atoms with E-state index in [1.54, 1.807) is 12.4 Å². The third kappa shape index (κ3) is 1.59. The van der Waals surface area contributed by atoms with Crippen LogP contribution < -0.4 is 0 Å². The standard InChI is InChI=1S/C7H5ClN2.C2H6/c8-6-4-10-7-5(6)2-1-3-9-7;1-2/h1-4H,(H,9,10);1-2H3. The zero-order chi connectivity index (χ0) is 8.97. The summed E-state index contributed by atoms with van der Waals surface area (Å²) in [6.07, 6.45) is 3.47. The molecule has 12 heavy (non-hydrogen) atoms. The average molecular weight is 183 g/mol. The number of rotatable bonds is 0. The molecule has 0 aliphatic heterocycles. The van der Waals surface area contributed by atoms with Gasteiger partial charge in [0, 0.05) is 17.8 Å². The Labute approximate surface area is 76.6 Å². The third-order valence-corrected chi connectivity index (χ3v) is 1.71. The molecular weight excluding hydrogens is 172 g/mol. The number of fused-ring (bicyclic) bond motifs is 1. The van der Waals surface area contributed by atoms with E-state index >= 15 is 0 Å². The smallest absolute Gasteiger partial charge is 0.138 e. The van der Waals surface area contributed by atoms with Crippen molar-refractivity contribution in [2.45, 2.75) is 13.8 Å². The summed E-state index contributed by atoms with van der Waals surface area (Å²) in [6.45, 7) is 4.00. The number of nitrogens with zero attached hydrogens (tertiary/aromatic N) is 1. The van der Waals surface area contributed by atoms with E-state index in [-0.39, 0.29) is 0 Å². The lowest BCUT2D eigenvalue weighted by Crippen LogP contribution is -1.71. The highest BCUT2D eigenvalue weighted by Crippen LogP contribution is 2.19. The lowest BCUT2D eigenvalue weighted by Gasteiger charge is -1.84. The summed E-state index contributed by atoms with van der Waals surface area (Å²) in [4.78, 5) is 7.01. The first-order chi connectivity index (χ1) is 5.88. The maximum Gasteiger partial charge on any atom is 0.138 e. The van der Waals surface area contributed by atoms with Crippen LogP contribution in [0.3, 0.4) is 0 Å². The Hall–Kier alpha value is -1.02. The first-order valence-electron chi connectivity index (χ1n) is 3.95. The number of aromatic nitrogens is 2. The zero-order valence-corrected chi connectivity index (χ0v) is 7.89. The lowest BCUT2D eigenvalue weighted by molar-refractivity contribution is 1.33. The Balaban J connectivity index is 0.000000336. The highest BCUT2D eigenvalue weighted by molar-refractivity contribution is 6.35. The molecule has 1 N–H and O–H groups in total. The predicted molar refractivity (Wildman–Crippen MR) is 52.5 cm³/mol. The molecular formula is C9H11ClN2. The molecule has 0 saturated carbocycles. The van der Waals surface area contributed by atoms with Gasteiger partial charge in [-0.2, -0.15) is 0 Å². The van der Waals surface area contributed by atoms with E-state index in [0.29, 0.717) is 0 Å². The lowest BCUT2D eigenvalue weighted by atomic mass is 10.3. The zero-order valence-electron chi connectivity index (χ0n) is 7.13. The Morgan fingerprint density at radius 3 is 2.83 bits per heavy atom. The third-order valence-electron chi connectivity index (χ3n) is 1.40. The van der Waals surface area contributed by atoms with Gasteiger partial charge >= 0.3 is 0 Å². The van der Waals surface area contributed by atoms with Gasteiger partial charge in [-0.05, 0) is 12.1 Å². The number of aromatic amines is 1. The fourth-order valence-corrected chi connectivity index (χ4v) is 1.13. The van der Waals surface area contributed by atoms with Crippen LogP contribution in [0.2, 0.25) is 5.02 Å². The molecule has 2 rings (SSSR count). The molecule has 0 bridgehead atoms. The van der Waals surface area contributed by atoms with Gasteiger partial charge in [0.05, 0.1) is 5.02 Å². The van der Waals surface area contributed by atoms with E-state index < -0.39 is 0 Å². The minimum atomic E-state index is 0.725. The van der Waals surface area contributed by atoms with Crippen LogP contribution in [0.1, 0.15) is 13.8 Å². The largest absolute Gasteiger partial charge is 0.345 e. The van der Waals surface area contributed by atoms with Gasteiger partial charge in [-0.15, -0.1) is 0 Å². The van der Waals surface area contributed by atoms with Gasteiger partial charge in [-0.25, -0.2) is 4.98 Å². The van der Waals surface area contributed by atoms with Gasteiger partial charge < -0.3 is 4.98 Å². The van der Waals surface area contributed by atoms with Gasteiger partial charge in [-0.3, -0.25) is 0 Å². The Kier molecular flexibility index (Phi) is 3.11. The number of H-pyrrole nitrogens is 1. The Bertz CT molecular complexity index is 354. The highest BCUT2D eigenvalue weighted by atomic mass is 35.5. The molecule has 0 aliphatic rings. The molecule has 2 aromatic heterocycles. The van der Waals surface area contributed by atoms with Crippen LogP contribution in [0.25, 0.3) is 11.0 Å². The van der Waals surface area contributed by atoms with Crippen molar-refractivity contribution in [1.82, 2.24) is 9.97 Å². The van der Waals surface area contributed by atoms with Gasteiger partial charge in [0.1, 0.15) is 5.65 Å². The van der Waals surface area contributed by atoms with Crippen molar-refractivity contribution in [1.29, 1.82) is 0 Å². The molecule has 2 heterocycles. The van der Waals surface area contributed by atoms with Crippen molar-refractivity contribution in [3.05, 3.63) is 29.5 Å². The monoisotopic (exact) mass is 182 g/mol. The van der Waals surface area contributed by atoms with Gasteiger partial charge in [0.2, 0.25) is 0 Å². The summed E-state index contributed by atoms with van der Waals surface area (Å²) in [5.74, 6) is 0. The summed E-state index contributed by atoms with van der Waals surface area (Å²) in [5, 5.41) is 1.70. The van der Waals surface area contributed by atoms with E-state index in [1.807, 2.05) is 26.0 Å². The van der Waals surface area contributed by atoms with E-state index in [9.17, 15) is 0 Å². The molecule has 0 amide bonds. The van der Waals surface area contributed by atoms with E-state index in [4.69, 9.17) is 11.6 Å². The Morgan fingerprint density at radius 1 is 1.42 bits per heavy atom. The van der Waals surface area contributed by atoms with Crippen LogP contribution in [-0.2, 0) is 0 Å². The van der Waals surface area contributed by atoms with E-state index in [0.717, 1.165) is 16.1 Å². The van der Waals surface area contributed by atoms with Gasteiger partial charge in [-0.1, -0.05) is 25.4 Å². The topological polar surface area (TPSA) is 28.7 Å². The normalized spacial score (nSPS) is 9.25. The average Bonchev–Trinajstić information content (AvgIpc) is 2.53. The van der Waals surface area contributed by atoms with Crippen molar-refractivity contribution >= 4 is 22.6 Å². The predicted octanol–water partition coefficient (Wildman–Crippen LogP) is 3.24. The molecule has 0 atom stereocenters. The fourth-order valence-electron chi connectivity index (χ4n) is 0.923. The summed E-state index contributed by atoms with van der Waals surface area (Å²) < 4.78 is 0. The fraction of sp³-hybridized carbons (Fsp3) is 0.222. The molecule has 0 fully saturated rings.